The molecule has 1 heterocycles. The van der Waals surface area contributed by atoms with Gasteiger partial charge < -0.3 is 20.3 Å². The summed E-state index contributed by atoms with van der Waals surface area (Å²) in [5.74, 6) is 1.81. The van der Waals surface area contributed by atoms with Crippen LogP contribution in [0.2, 0.25) is 0 Å². The van der Waals surface area contributed by atoms with E-state index in [0.29, 0.717) is 25.0 Å². The van der Waals surface area contributed by atoms with Crippen LogP contribution >= 0.6 is 24.0 Å². The Morgan fingerprint density at radius 1 is 1.33 bits per heavy atom. The van der Waals surface area contributed by atoms with Gasteiger partial charge in [-0.2, -0.15) is 0 Å². The van der Waals surface area contributed by atoms with Crippen LogP contribution in [0.15, 0.2) is 15.6 Å². The number of guanidine groups is 1. The van der Waals surface area contributed by atoms with Gasteiger partial charge >= 0.3 is 0 Å². The first-order valence-electron chi connectivity index (χ1n) is 8.72. The van der Waals surface area contributed by atoms with Crippen molar-refractivity contribution in [1.82, 2.24) is 15.8 Å². The zero-order valence-electron chi connectivity index (χ0n) is 15.0. The molecular weight excluding hydrogens is 419 g/mol. The maximum absolute atomic E-state index is 10.6. The topological polar surface area (TPSA) is 82.7 Å². The van der Waals surface area contributed by atoms with Crippen LogP contribution in [0.3, 0.4) is 0 Å². The summed E-state index contributed by atoms with van der Waals surface area (Å²) in [6, 6.07) is 1.95. The first-order valence-corrected chi connectivity index (χ1v) is 8.72. The normalized spacial score (nSPS) is 17.5. The molecule has 24 heavy (non-hydrogen) atoms. The van der Waals surface area contributed by atoms with E-state index in [2.05, 4.69) is 34.6 Å². The number of aliphatic hydroxyl groups is 1. The standard InChI is InChI=1S/C17H30N4O2.HI/c1-4-18-16(20-12-17(22)8-6-5-7-9-17)19-11-14-10-15(13(2)3)21-23-14;/h10,13,22H,4-9,11-12H2,1-3H3,(H2,18,19,20);1H. The highest BCUT2D eigenvalue weighted by Gasteiger charge is 2.29. The summed E-state index contributed by atoms with van der Waals surface area (Å²) >= 11 is 0. The first-order chi connectivity index (χ1) is 11.0. The molecule has 0 aliphatic heterocycles. The highest BCUT2D eigenvalue weighted by molar-refractivity contribution is 14.0. The largest absolute Gasteiger partial charge is 0.388 e. The van der Waals surface area contributed by atoms with Gasteiger partial charge in [0.15, 0.2) is 11.7 Å². The van der Waals surface area contributed by atoms with Gasteiger partial charge in [0.1, 0.15) is 6.54 Å². The van der Waals surface area contributed by atoms with Crippen molar-refractivity contribution >= 4 is 29.9 Å². The summed E-state index contributed by atoms with van der Waals surface area (Å²) in [5, 5.41) is 21.1. The van der Waals surface area contributed by atoms with Crippen molar-refractivity contribution in [2.45, 2.75) is 70.9 Å². The van der Waals surface area contributed by atoms with E-state index < -0.39 is 5.60 Å². The van der Waals surface area contributed by atoms with Crippen molar-refractivity contribution in [3.8, 4) is 0 Å². The van der Waals surface area contributed by atoms with E-state index in [-0.39, 0.29) is 24.0 Å². The molecule has 1 aromatic heterocycles. The quantitative estimate of drug-likeness (QED) is 0.353. The van der Waals surface area contributed by atoms with Crippen LogP contribution in [0.5, 0.6) is 0 Å². The zero-order chi connectivity index (χ0) is 16.7. The van der Waals surface area contributed by atoms with Gasteiger partial charge in [0.25, 0.3) is 0 Å². The maximum Gasteiger partial charge on any atom is 0.191 e. The Balaban J connectivity index is 0.00000288. The minimum Gasteiger partial charge on any atom is -0.388 e. The van der Waals surface area contributed by atoms with Gasteiger partial charge in [-0.15, -0.1) is 24.0 Å². The molecule has 2 rings (SSSR count). The van der Waals surface area contributed by atoms with E-state index in [1.165, 1.54) is 6.42 Å². The fourth-order valence-corrected chi connectivity index (χ4v) is 2.81. The second kappa shape index (κ2) is 10.2. The van der Waals surface area contributed by atoms with E-state index in [1.54, 1.807) is 0 Å². The van der Waals surface area contributed by atoms with Crippen molar-refractivity contribution in [2.24, 2.45) is 4.99 Å². The lowest BCUT2D eigenvalue weighted by atomic mass is 9.85. The molecule has 0 spiro atoms. The van der Waals surface area contributed by atoms with Crippen molar-refractivity contribution in [1.29, 1.82) is 0 Å². The Morgan fingerprint density at radius 3 is 2.62 bits per heavy atom. The number of aliphatic imine (C=N–C) groups is 1. The molecule has 7 heteroatoms. The van der Waals surface area contributed by atoms with Gasteiger partial charge in [-0.25, -0.2) is 4.99 Å². The Morgan fingerprint density at radius 2 is 2.04 bits per heavy atom. The van der Waals surface area contributed by atoms with Gasteiger partial charge in [0, 0.05) is 19.2 Å². The number of halogens is 1. The number of hydrogen-bond acceptors (Lipinski definition) is 4. The number of nitrogens with zero attached hydrogens (tertiary/aromatic N) is 2. The molecular formula is C17H31IN4O2. The van der Waals surface area contributed by atoms with E-state index in [4.69, 9.17) is 4.52 Å². The molecule has 1 fully saturated rings. The smallest absolute Gasteiger partial charge is 0.191 e. The van der Waals surface area contributed by atoms with Crippen LogP contribution in [-0.2, 0) is 6.54 Å². The lowest BCUT2D eigenvalue weighted by molar-refractivity contribution is 0.00859. The zero-order valence-corrected chi connectivity index (χ0v) is 17.3. The second-order valence-corrected chi connectivity index (χ2v) is 6.71. The van der Waals surface area contributed by atoms with Crippen molar-refractivity contribution in [3.63, 3.8) is 0 Å². The second-order valence-electron chi connectivity index (χ2n) is 6.71. The Hall–Kier alpha value is -0.830. The third-order valence-corrected chi connectivity index (χ3v) is 4.28. The summed E-state index contributed by atoms with van der Waals surface area (Å²) in [4.78, 5) is 4.52. The highest BCUT2D eigenvalue weighted by Crippen LogP contribution is 2.27. The molecule has 0 radical (unpaired) electrons. The first kappa shape index (κ1) is 21.2. The van der Waals surface area contributed by atoms with Gasteiger partial charge in [-0.05, 0) is 25.7 Å². The van der Waals surface area contributed by atoms with Crippen molar-refractivity contribution < 1.29 is 9.63 Å². The molecule has 138 valence electrons. The lowest BCUT2D eigenvalue weighted by Crippen LogP contribution is -2.48. The predicted octanol–water partition coefficient (Wildman–Crippen LogP) is 3.17. The molecule has 0 bridgehead atoms. The molecule has 0 atom stereocenters. The number of rotatable bonds is 6. The molecule has 0 amide bonds. The monoisotopic (exact) mass is 450 g/mol. The summed E-state index contributed by atoms with van der Waals surface area (Å²) in [6.45, 7) is 7.94. The van der Waals surface area contributed by atoms with Crippen LogP contribution in [-0.4, -0.2) is 34.9 Å². The van der Waals surface area contributed by atoms with Crippen LogP contribution in [0.25, 0.3) is 0 Å². The molecule has 1 aliphatic carbocycles. The van der Waals surface area contributed by atoms with Gasteiger partial charge in [0.2, 0.25) is 0 Å². The highest BCUT2D eigenvalue weighted by atomic mass is 127. The molecule has 0 saturated heterocycles. The maximum atomic E-state index is 10.6. The van der Waals surface area contributed by atoms with Gasteiger partial charge in [-0.1, -0.05) is 38.3 Å². The lowest BCUT2D eigenvalue weighted by Gasteiger charge is -2.32. The van der Waals surface area contributed by atoms with Crippen LogP contribution in [0.1, 0.15) is 70.2 Å². The van der Waals surface area contributed by atoms with E-state index in [9.17, 15) is 5.11 Å². The summed E-state index contributed by atoms with van der Waals surface area (Å²) < 4.78 is 5.31. The van der Waals surface area contributed by atoms with Gasteiger partial charge in [-0.3, -0.25) is 0 Å². The number of nitrogens with one attached hydrogen (secondary N) is 2. The van der Waals surface area contributed by atoms with Gasteiger partial charge in [0.05, 0.1) is 11.3 Å². The molecule has 1 aromatic rings. The number of aromatic nitrogens is 1. The summed E-state index contributed by atoms with van der Waals surface area (Å²) in [7, 11) is 0. The van der Waals surface area contributed by atoms with E-state index in [1.807, 2.05) is 13.0 Å². The summed E-state index contributed by atoms with van der Waals surface area (Å²) in [5.41, 5.74) is 0.343. The minimum atomic E-state index is -0.606. The third-order valence-electron chi connectivity index (χ3n) is 4.28. The average Bonchev–Trinajstić information content (AvgIpc) is 3.00. The van der Waals surface area contributed by atoms with Crippen LogP contribution in [0.4, 0.5) is 0 Å². The Bertz CT molecular complexity index is 510. The van der Waals surface area contributed by atoms with Crippen LogP contribution < -0.4 is 10.6 Å². The molecule has 0 unspecified atom stereocenters. The Kier molecular flexibility index (Phi) is 9.04. The third kappa shape index (κ3) is 6.58. The molecule has 6 nitrogen and oxygen atoms in total. The molecule has 0 aromatic carbocycles. The molecule has 1 aliphatic rings. The Labute approximate surface area is 161 Å². The van der Waals surface area contributed by atoms with Crippen molar-refractivity contribution in [2.75, 3.05) is 13.1 Å². The average molecular weight is 450 g/mol. The summed E-state index contributed by atoms with van der Waals surface area (Å²) in [6.07, 6.45) is 5.14. The molecule has 1 saturated carbocycles. The fraction of sp³-hybridized carbons (Fsp3) is 0.765. The SMILES string of the molecule is CCNC(=NCc1cc(C(C)C)no1)NCC1(O)CCCCC1.I. The number of hydrogen-bond donors (Lipinski definition) is 3. The van der Waals surface area contributed by atoms with E-state index >= 15 is 0 Å². The molecule has 3 N–H and O–H groups in total. The minimum absolute atomic E-state index is 0. The predicted molar refractivity (Wildman–Crippen MR) is 107 cm³/mol. The van der Waals surface area contributed by atoms with Crippen LogP contribution in [0, 0.1) is 0 Å². The van der Waals surface area contributed by atoms with Crippen molar-refractivity contribution in [3.05, 3.63) is 17.5 Å². The fourth-order valence-electron chi connectivity index (χ4n) is 2.81. The van der Waals surface area contributed by atoms with E-state index in [0.717, 1.165) is 43.7 Å².